The molecule has 0 N–H and O–H groups in total. The summed E-state index contributed by atoms with van der Waals surface area (Å²) in [5.41, 5.74) is 8.44. The number of rotatable bonds is 4. The molecule has 0 bridgehead atoms. The van der Waals surface area contributed by atoms with Gasteiger partial charge in [-0.15, -0.1) is 0 Å². The standard InChI is InChI=1S/C31H24N2/c1-32(25-18-16-24(17-19-25)23-10-4-2-5-11-23)27-20-21-31-29(22-27)28-14-8-9-15-30(28)33(31)26-12-6-3-7-13-26/h2-22H,1H3. The number of nitrogens with zero attached hydrogens (tertiary/aromatic N) is 2. The second-order valence-electron chi connectivity index (χ2n) is 8.36. The van der Waals surface area contributed by atoms with Crippen LogP contribution in [0, 0.1) is 0 Å². The van der Waals surface area contributed by atoms with Crippen LogP contribution in [0.4, 0.5) is 11.4 Å². The fourth-order valence-electron chi connectivity index (χ4n) is 4.68. The number of hydrogen-bond acceptors (Lipinski definition) is 1. The second kappa shape index (κ2) is 7.99. The Morgan fingerprint density at radius 3 is 1.82 bits per heavy atom. The summed E-state index contributed by atoms with van der Waals surface area (Å²) in [6.45, 7) is 0. The van der Waals surface area contributed by atoms with E-state index in [9.17, 15) is 0 Å². The van der Waals surface area contributed by atoms with E-state index in [1.165, 1.54) is 50.0 Å². The zero-order chi connectivity index (χ0) is 22.2. The number of fused-ring (bicyclic) bond motifs is 3. The molecule has 0 aliphatic rings. The van der Waals surface area contributed by atoms with Crippen molar-refractivity contribution in [2.45, 2.75) is 0 Å². The molecule has 2 nitrogen and oxygen atoms in total. The van der Waals surface area contributed by atoms with E-state index in [0.29, 0.717) is 0 Å². The molecule has 0 aliphatic heterocycles. The Balaban J connectivity index is 1.43. The maximum Gasteiger partial charge on any atom is 0.0542 e. The van der Waals surface area contributed by atoms with Crippen molar-refractivity contribution in [3.63, 3.8) is 0 Å². The monoisotopic (exact) mass is 424 g/mol. The van der Waals surface area contributed by atoms with Gasteiger partial charge in [0.25, 0.3) is 0 Å². The summed E-state index contributed by atoms with van der Waals surface area (Å²) < 4.78 is 2.35. The van der Waals surface area contributed by atoms with Crippen molar-refractivity contribution in [2.24, 2.45) is 0 Å². The van der Waals surface area contributed by atoms with Crippen LogP contribution in [0.5, 0.6) is 0 Å². The van der Waals surface area contributed by atoms with Crippen LogP contribution in [0.2, 0.25) is 0 Å². The minimum absolute atomic E-state index is 1.17. The number of benzene rings is 5. The Labute approximate surface area is 194 Å². The number of para-hydroxylation sites is 2. The summed E-state index contributed by atoms with van der Waals surface area (Å²) in [5.74, 6) is 0. The van der Waals surface area contributed by atoms with Crippen LogP contribution < -0.4 is 4.90 Å². The lowest BCUT2D eigenvalue weighted by molar-refractivity contribution is 1.17. The number of aromatic nitrogens is 1. The maximum absolute atomic E-state index is 2.35. The molecule has 5 aromatic carbocycles. The molecule has 6 aromatic rings. The van der Waals surface area contributed by atoms with E-state index in [1.54, 1.807) is 0 Å². The second-order valence-corrected chi connectivity index (χ2v) is 8.36. The summed E-state index contributed by atoms with van der Waals surface area (Å²) in [6, 6.07) is 45.3. The maximum atomic E-state index is 2.35. The molecule has 0 saturated carbocycles. The van der Waals surface area contributed by atoms with E-state index in [1.807, 2.05) is 0 Å². The Kier molecular flexibility index (Phi) is 4.70. The van der Waals surface area contributed by atoms with Gasteiger partial charge in [-0.25, -0.2) is 0 Å². The summed E-state index contributed by atoms with van der Waals surface area (Å²) >= 11 is 0. The SMILES string of the molecule is CN(c1ccc(-c2ccccc2)cc1)c1ccc2c(c1)c1ccccc1n2-c1ccccc1. The molecule has 6 rings (SSSR count). The molecule has 0 saturated heterocycles. The molecule has 2 heteroatoms. The zero-order valence-electron chi connectivity index (χ0n) is 18.5. The van der Waals surface area contributed by atoms with E-state index in [4.69, 9.17) is 0 Å². The molecular formula is C31H24N2. The number of hydrogen-bond donors (Lipinski definition) is 0. The third-order valence-corrected chi connectivity index (χ3v) is 6.42. The Bertz CT molecular complexity index is 1550. The van der Waals surface area contributed by atoms with Crippen molar-refractivity contribution in [3.05, 3.63) is 127 Å². The lowest BCUT2D eigenvalue weighted by atomic mass is 10.1. The first-order valence-corrected chi connectivity index (χ1v) is 11.3. The van der Waals surface area contributed by atoms with Crippen LogP contribution in [0.3, 0.4) is 0 Å². The fraction of sp³-hybridized carbons (Fsp3) is 0.0323. The van der Waals surface area contributed by atoms with E-state index < -0.39 is 0 Å². The van der Waals surface area contributed by atoms with E-state index >= 15 is 0 Å². The van der Waals surface area contributed by atoms with Gasteiger partial charge in [0.05, 0.1) is 11.0 Å². The van der Waals surface area contributed by atoms with Gasteiger partial charge in [-0.2, -0.15) is 0 Å². The molecule has 0 radical (unpaired) electrons. The highest BCUT2D eigenvalue weighted by molar-refractivity contribution is 6.10. The lowest BCUT2D eigenvalue weighted by Crippen LogP contribution is -2.09. The van der Waals surface area contributed by atoms with E-state index in [0.717, 1.165) is 0 Å². The predicted molar refractivity (Wildman–Crippen MR) is 141 cm³/mol. The fourth-order valence-corrected chi connectivity index (χ4v) is 4.68. The topological polar surface area (TPSA) is 8.17 Å². The third kappa shape index (κ3) is 3.37. The average Bonchev–Trinajstić information content (AvgIpc) is 3.23. The van der Waals surface area contributed by atoms with Crippen molar-refractivity contribution < 1.29 is 0 Å². The van der Waals surface area contributed by atoms with Gasteiger partial charge >= 0.3 is 0 Å². The minimum Gasteiger partial charge on any atom is -0.345 e. The molecule has 0 aliphatic carbocycles. The Morgan fingerprint density at radius 2 is 1.06 bits per heavy atom. The molecule has 0 unspecified atom stereocenters. The summed E-state index contributed by atoms with van der Waals surface area (Å²) in [5, 5.41) is 2.53. The Morgan fingerprint density at radius 1 is 0.485 bits per heavy atom. The van der Waals surface area contributed by atoms with Crippen LogP contribution in [-0.2, 0) is 0 Å². The highest BCUT2D eigenvalue weighted by Gasteiger charge is 2.14. The summed E-state index contributed by atoms with van der Waals surface area (Å²) in [7, 11) is 2.13. The first-order valence-electron chi connectivity index (χ1n) is 11.3. The van der Waals surface area contributed by atoms with Crippen LogP contribution in [0.1, 0.15) is 0 Å². The zero-order valence-corrected chi connectivity index (χ0v) is 18.5. The molecule has 158 valence electrons. The molecule has 0 spiro atoms. The van der Waals surface area contributed by atoms with Gasteiger partial charge in [-0.1, -0.05) is 78.9 Å². The van der Waals surface area contributed by atoms with Crippen LogP contribution in [0.15, 0.2) is 127 Å². The highest BCUT2D eigenvalue weighted by Crippen LogP contribution is 2.36. The van der Waals surface area contributed by atoms with Crippen molar-refractivity contribution in [1.82, 2.24) is 4.57 Å². The quantitative estimate of drug-likeness (QED) is 0.277. The molecule has 0 fully saturated rings. The summed E-state index contributed by atoms with van der Waals surface area (Å²) in [4.78, 5) is 2.25. The van der Waals surface area contributed by atoms with Crippen molar-refractivity contribution in [1.29, 1.82) is 0 Å². The van der Waals surface area contributed by atoms with Crippen LogP contribution in [0.25, 0.3) is 38.6 Å². The van der Waals surface area contributed by atoms with Gasteiger partial charge in [0.15, 0.2) is 0 Å². The largest absolute Gasteiger partial charge is 0.345 e. The normalized spacial score (nSPS) is 11.2. The molecular weight excluding hydrogens is 400 g/mol. The first-order chi connectivity index (χ1) is 16.3. The first kappa shape index (κ1) is 19.4. The van der Waals surface area contributed by atoms with Crippen molar-refractivity contribution in [2.75, 3.05) is 11.9 Å². The van der Waals surface area contributed by atoms with Gasteiger partial charge in [0.1, 0.15) is 0 Å². The van der Waals surface area contributed by atoms with Gasteiger partial charge in [0.2, 0.25) is 0 Å². The van der Waals surface area contributed by atoms with E-state index in [2.05, 4.69) is 144 Å². The minimum atomic E-state index is 1.17. The molecule has 0 atom stereocenters. The molecule has 1 aromatic heterocycles. The smallest absolute Gasteiger partial charge is 0.0542 e. The van der Waals surface area contributed by atoms with E-state index in [-0.39, 0.29) is 0 Å². The summed E-state index contributed by atoms with van der Waals surface area (Å²) in [6.07, 6.45) is 0. The van der Waals surface area contributed by atoms with Crippen LogP contribution >= 0.6 is 0 Å². The van der Waals surface area contributed by atoms with Gasteiger partial charge in [-0.05, 0) is 59.7 Å². The lowest BCUT2D eigenvalue weighted by Gasteiger charge is -2.20. The number of anilines is 2. The van der Waals surface area contributed by atoms with Crippen molar-refractivity contribution >= 4 is 33.2 Å². The third-order valence-electron chi connectivity index (χ3n) is 6.42. The van der Waals surface area contributed by atoms with Crippen LogP contribution in [-0.4, -0.2) is 11.6 Å². The van der Waals surface area contributed by atoms with Crippen molar-refractivity contribution in [3.8, 4) is 16.8 Å². The Hall–Kier alpha value is -4.30. The van der Waals surface area contributed by atoms with Gasteiger partial charge in [0, 0.05) is 34.9 Å². The van der Waals surface area contributed by atoms with Gasteiger partial charge in [-0.3, -0.25) is 0 Å². The molecule has 1 heterocycles. The average molecular weight is 425 g/mol. The molecule has 33 heavy (non-hydrogen) atoms. The highest BCUT2D eigenvalue weighted by atomic mass is 15.1. The van der Waals surface area contributed by atoms with Gasteiger partial charge < -0.3 is 9.47 Å². The molecule has 0 amide bonds. The predicted octanol–water partition coefficient (Wildman–Crippen LogP) is 8.22.